The summed E-state index contributed by atoms with van der Waals surface area (Å²) in [7, 11) is 0.945. The van der Waals surface area contributed by atoms with Crippen LogP contribution in [-0.2, 0) is 19.9 Å². The van der Waals surface area contributed by atoms with Gasteiger partial charge < -0.3 is 9.47 Å². The van der Waals surface area contributed by atoms with Crippen LogP contribution in [0.1, 0.15) is 18.9 Å². The molecular weight excluding hydrogens is 261 g/mol. The van der Waals surface area contributed by atoms with Crippen LogP contribution in [0.15, 0.2) is 30.3 Å². The fourth-order valence-corrected chi connectivity index (χ4v) is 1.61. The van der Waals surface area contributed by atoms with Crippen molar-refractivity contribution in [3.05, 3.63) is 35.9 Å². The van der Waals surface area contributed by atoms with E-state index in [9.17, 15) is 18.0 Å². The maximum atomic E-state index is 13.3. The van der Waals surface area contributed by atoms with Gasteiger partial charge in [-0.1, -0.05) is 37.3 Å². The summed E-state index contributed by atoms with van der Waals surface area (Å²) in [5, 5.41) is 0. The van der Waals surface area contributed by atoms with E-state index in [-0.39, 0.29) is 12.0 Å². The second kappa shape index (κ2) is 6.06. The normalized spacial score (nSPS) is 14.8. The fraction of sp³-hybridized carbons (Fsp3) is 0.462. The molecule has 1 aromatic carbocycles. The first-order valence-electron chi connectivity index (χ1n) is 5.70. The average Bonchev–Trinajstić information content (AvgIpc) is 2.39. The number of hydrogen-bond donors (Lipinski definition) is 0. The van der Waals surface area contributed by atoms with Gasteiger partial charge in [0, 0.05) is 13.5 Å². The van der Waals surface area contributed by atoms with Crippen molar-refractivity contribution < 1.29 is 27.4 Å². The summed E-state index contributed by atoms with van der Waals surface area (Å²) in [6, 6.07) is 7.11. The molecule has 6 heteroatoms. The molecule has 1 aromatic rings. The van der Waals surface area contributed by atoms with Gasteiger partial charge in [0.05, 0.1) is 0 Å². The highest BCUT2D eigenvalue weighted by Crippen LogP contribution is 2.42. The minimum atomic E-state index is -4.70. The number of alkyl halides is 3. The van der Waals surface area contributed by atoms with Crippen LogP contribution in [0.25, 0.3) is 0 Å². The summed E-state index contributed by atoms with van der Waals surface area (Å²) < 4.78 is 49.2. The van der Waals surface area contributed by atoms with Gasteiger partial charge in [-0.05, 0) is 5.56 Å². The van der Waals surface area contributed by atoms with Gasteiger partial charge in [0.1, 0.15) is 6.61 Å². The molecule has 0 amide bonds. The van der Waals surface area contributed by atoms with Crippen LogP contribution >= 0.6 is 0 Å². The molecule has 106 valence electrons. The van der Waals surface area contributed by atoms with Gasteiger partial charge in [-0.2, -0.15) is 13.2 Å². The molecule has 0 aliphatic heterocycles. The fourth-order valence-electron chi connectivity index (χ4n) is 1.61. The van der Waals surface area contributed by atoms with Gasteiger partial charge in [0.2, 0.25) is 5.60 Å². The lowest BCUT2D eigenvalue weighted by atomic mass is 9.93. The van der Waals surface area contributed by atoms with E-state index < -0.39 is 24.4 Å². The van der Waals surface area contributed by atoms with Gasteiger partial charge in [0.15, 0.2) is 0 Å². The molecule has 0 heterocycles. The van der Waals surface area contributed by atoms with Crippen LogP contribution < -0.4 is 0 Å². The molecule has 1 atom stereocenters. The first-order valence-corrected chi connectivity index (χ1v) is 5.70. The first kappa shape index (κ1) is 15.5. The highest BCUT2D eigenvalue weighted by atomic mass is 19.4. The van der Waals surface area contributed by atoms with Gasteiger partial charge >= 0.3 is 12.1 Å². The number of carbonyl (C=O) groups is 1. The average molecular weight is 276 g/mol. The van der Waals surface area contributed by atoms with E-state index in [1.807, 2.05) is 0 Å². The number of halogens is 3. The minimum absolute atomic E-state index is 0.00639. The second-order valence-electron chi connectivity index (χ2n) is 3.91. The second-order valence-corrected chi connectivity index (χ2v) is 3.91. The van der Waals surface area contributed by atoms with Crippen molar-refractivity contribution >= 4 is 5.97 Å². The molecule has 0 aliphatic carbocycles. The molecule has 19 heavy (non-hydrogen) atoms. The SMILES string of the molecule is CCC(=O)OC[C@](OC)(c1ccccc1)C(F)(F)F. The van der Waals surface area contributed by atoms with E-state index in [0.717, 1.165) is 7.11 Å². The van der Waals surface area contributed by atoms with Crippen molar-refractivity contribution in [3.8, 4) is 0 Å². The Balaban J connectivity index is 3.13. The first-order chi connectivity index (χ1) is 8.87. The van der Waals surface area contributed by atoms with Crippen LogP contribution in [0.2, 0.25) is 0 Å². The Kier molecular flexibility index (Phi) is 4.94. The number of rotatable bonds is 5. The summed E-state index contributed by atoms with van der Waals surface area (Å²) in [5.74, 6) is -0.707. The zero-order chi connectivity index (χ0) is 14.5. The van der Waals surface area contributed by atoms with Gasteiger partial charge in [-0.15, -0.1) is 0 Å². The number of esters is 1. The summed E-state index contributed by atoms with van der Waals surface area (Å²) in [5.41, 5.74) is -2.74. The number of methoxy groups -OCH3 is 1. The summed E-state index contributed by atoms with van der Waals surface area (Å²) in [6.45, 7) is 0.608. The Hall–Kier alpha value is -1.56. The van der Waals surface area contributed by atoms with Crippen molar-refractivity contribution in [1.29, 1.82) is 0 Å². The highest BCUT2D eigenvalue weighted by molar-refractivity contribution is 5.68. The molecule has 0 aliphatic rings. The molecule has 0 unspecified atom stereocenters. The zero-order valence-corrected chi connectivity index (χ0v) is 10.7. The summed E-state index contributed by atoms with van der Waals surface area (Å²) in [4.78, 5) is 11.1. The van der Waals surface area contributed by atoms with Crippen LogP contribution in [0.4, 0.5) is 13.2 Å². The van der Waals surface area contributed by atoms with Crippen LogP contribution in [-0.4, -0.2) is 25.9 Å². The third-order valence-corrected chi connectivity index (χ3v) is 2.77. The van der Waals surface area contributed by atoms with Gasteiger partial charge in [-0.25, -0.2) is 0 Å². The number of carbonyl (C=O) groups excluding carboxylic acids is 1. The monoisotopic (exact) mass is 276 g/mol. The van der Waals surface area contributed by atoms with E-state index in [0.29, 0.717) is 0 Å². The predicted molar refractivity (Wildman–Crippen MR) is 62.4 cm³/mol. The third-order valence-electron chi connectivity index (χ3n) is 2.77. The molecule has 0 bridgehead atoms. The number of benzene rings is 1. The Morgan fingerprint density at radius 3 is 2.21 bits per heavy atom. The van der Waals surface area contributed by atoms with Crippen molar-refractivity contribution in [2.45, 2.75) is 25.1 Å². The van der Waals surface area contributed by atoms with Gasteiger partial charge in [-0.3, -0.25) is 4.79 Å². The molecular formula is C13H15F3O3. The van der Waals surface area contributed by atoms with Crippen LogP contribution in [0.3, 0.4) is 0 Å². The third kappa shape index (κ3) is 3.26. The molecule has 0 saturated carbocycles. The molecule has 0 fully saturated rings. The molecule has 0 saturated heterocycles. The Morgan fingerprint density at radius 1 is 1.21 bits per heavy atom. The maximum absolute atomic E-state index is 13.3. The Bertz CT molecular complexity index is 417. The van der Waals surface area contributed by atoms with Crippen molar-refractivity contribution in [2.75, 3.05) is 13.7 Å². The lowest BCUT2D eigenvalue weighted by molar-refractivity contribution is -0.289. The van der Waals surface area contributed by atoms with E-state index in [4.69, 9.17) is 0 Å². The van der Waals surface area contributed by atoms with Crippen LogP contribution in [0.5, 0.6) is 0 Å². The van der Waals surface area contributed by atoms with E-state index in [2.05, 4.69) is 9.47 Å². The van der Waals surface area contributed by atoms with E-state index in [1.54, 1.807) is 6.07 Å². The molecule has 0 N–H and O–H groups in total. The summed E-state index contributed by atoms with van der Waals surface area (Å²) >= 11 is 0. The van der Waals surface area contributed by atoms with Crippen molar-refractivity contribution in [2.24, 2.45) is 0 Å². The topological polar surface area (TPSA) is 35.5 Å². The largest absolute Gasteiger partial charge is 0.462 e. The van der Waals surface area contributed by atoms with Crippen LogP contribution in [0, 0.1) is 0 Å². The molecule has 0 spiro atoms. The number of hydrogen-bond acceptors (Lipinski definition) is 3. The zero-order valence-electron chi connectivity index (χ0n) is 10.7. The number of ether oxygens (including phenoxy) is 2. The molecule has 1 rings (SSSR count). The predicted octanol–water partition coefficient (Wildman–Crippen LogP) is 3.04. The van der Waals surface area contributed by atoms with E-state index >= 15 is 0 Å². The van der Waals surface area contributed by atoms with Gasteiger partial charge in [0.25, 0.3) is 0 Å². The lowest BCUT2D eigenvalue weighted by Gasteiger charge is -2.34. The molecule has 3 nitrogen and oxygen atoms in total. The highest BCUT2D eigenvalue weighted by Gasteiger charge is 2.57. The van der Waals surface area contributed by atoms with E-state index in [1.165, 1.54) is 31.2 Å². The minimum Gasteiger partial charge on any atom is -0.462 e. The van der Waals surface area contributed by atoms with Crippen molar-refractivity contribution in [3.63, 3.8) is 0 Å². The maximum Gasteiger partial charge on any atom is 0.425 e. The quantitative estimate of drug-likeness (QED) is 0.775. The van der Waals surface area contributed by atoms with Crippen molar-refractivity contribution in [1.82, 2.24) is 0 Å². The summed E-state index contributed by atoms with van der Waals surface area (Å²) in [6.07, 6.45) is -4.69. The Morgan fingerprint density at radius 2 is 1.79 bits per heavy atom. The lowest BCUT2D eigenvalue weighted by Crippen LogP contribution is -2.48. The molecule has 0 radical (unpaired) electrons. The standard InChI is InChI=1S/C13H15F3O3/c1-3-11(17)19-9-12(18-2,13(14,15)16)10-7-5-4-6-8-10/h4-8H,3,9H2,1-2H3/t12-/m0/s1. The Labute approximate surface area is 109 Å². The smallest absolute Gasteiger partial charge is 0.425 e. The molecule has 0 aromatic heterocycles.